The smallest absolute Gasteiger partial charge is 0.323 e. The van der Waals surface area contributed by atoms with Crippen LogP contribution >= 0.6 is 0 Å². The Morgan fingerprint density at radius 3 is 2.83 bits per heavy atom. The summed E-state index contributed by atoms with van der Waals surface area (Å²) >= 11 is 0. The molecular weight excluding hydrogens is 232 g/mol. The number of ether oxygens (including phenoxy) is 1. The predicted octanol–water partition coefficient (Wildman–Crippen LogP) is 0.930. The first-order valence-corrected chi connectivity index (χ1v) is 6.77. The summed E-state index contributed by atoms with van der Waals surface area (Å²) in [5, 5.41) is 2.88. The molecule has 0 bridgehead atoms. The van der Waals surface area contributed by atoms with Crippen molar-refractivity contribution in [2.24, 2.45) is 0 Å². The number of nitrogens with one attached hydrogen (secondary N) is 1. The van der Waals surface area contributed by atoms with Crippen LogP contribution in [0.3, 0.4) is 0 Å². The van der Waals surface area contributed by atoms with E-state index in [-0.39, 0.29) is 17.9 Å². The molecule has 0 aromatic rings. The molecule has 1 rings (SSSR count). The van der Waals surface area contributed by atoms with Crippen molar-refractivity contribution in [3.63, 3.8) is 0 Å². The van der Waals surface area contributed by atoms with Crippen LogP contribution in [-0.4, -0.2) is 49.6 Å². The molecule has 1 heterocycles. The van der Waals surface area contributed by atoms with E-state index in [2.05, 4.69) is 12.2 Å². The summed E-state index contributed by atoms with van der Waals surface area (Å²) in [5.74, 6) is -0.227. The number of unbranched alkanes of at least 4 members (excludes halogenated alkanes) is 1. The van der Waals surface area contributed by atoms with Crippen molar-refractivity contribution in [2.75, 3.05) is 26.7 Å². The Balaban J connectivity index is 2.41. The Morgan fingerprint density at radius 1 is 1.39 bits per heavy atom. The summed E-state index contributed by atoms with van der Waals surface area (Å²) < 4.78 is 4.79. The largest absolute Gasteiger partial charge is 0.468 e. The SMILES string of the molecule is CCCCNC(=O)CN1CCCC[C@@H]1C(=O)OC. The standard InChI is InChI=1S/C13H24N2O3/c1-3-4-8-14-12(16)10-15-9-6-5-7-11(15)13(17)18-2/h11H,3-10H2,1-2H3,(H,14,16)/t11-/m1/s1. The minimum absolute atomic E-state index is 0.000692. The average Bonchev–Trinajstić information content (AvgIpc) is 2.39. The van der Waals surface area contributed by atoms with E-state index in [0.717, 1.165) is 38.6 Å². The number of nitrogens with zero attached hydrogens (tertiary/aromatic N) is 1. The molecule has 0 spiro atoms. The van der Waals surface area contributed by atoms with Crippen LogP contribution in [0.1, 0.15) is 39.0 Å². The van der Waals surface area contributed by atoms with Gasteiger partial charge in [0.05, 0.1) is 13.7 Å². The fourth-order valence-electron chi connectivity index (χ4n) is 2.23. The summed E-state index contributed by atoms with van der Waals surface area (Å²) in [6, 6.07) is -0.249. The Labute approximate surface area is 109 Å². The molecule has 104 valence electrons. The van der Waals surface area contributed by atoms with Crippen LogP contribution in [0.5, 0.6) is 0 Å². The van der Waals surface area contributed by atoms with Gasteiger partial charge in [0, 0.05) is 6.54 Å². The van der Waals surface area contributed by atoms with Gasteiger partial charge in [0.15, 0.2) is 0 Å². The molecule has 1 N–H and O–H groups in total. The van der Waals surface area contributed by atoms with Gasteiger partial charge in [-0.25, -0.2) is 0 Å². The zero-order valence-electron chi connectivity index (χ0n) is 11.4. The second-order valence-electron chi connectivity index (χ2n) is 4.71. The predicted molar refractivity (Wildman–Crippen MR) is 69.1 cm³/mol. The number of methoxy groups -OCH3 is 1. The molecule has 5 heteroatoms. The van der Waals surface area contributed by atoms with Crippen molar-refractivity contribution in [3.8, 4) is 0 Å². The van der Waals surface area contributed by atoms with Gasteiger partial charge < -0.3 is 10.1 Å². The molecule has 0 unspecified atom stereocenters. The van der Waals surface area contributed by atoms with Crippen molar-refractivity contribution < 1.29 is 14.3 Å². The number of piperidine rings is 1. The van der Waals surface area contributed by atoms with E-state index in [4.69, 9.17) is 4.74 Å². The molecule has 0 radical (unpaired) electrons. The number of esters is 1. The molecule has 0 aliphatic carbocycles. The normalized spacial score (nSPS) is 20.4. The van der Waals surface area contributed by atoms with Gasteiger partial charge >= 0.3 is 5.97 Å². The van der Waals surface area contributed by atoms with Crippen LogP contribution in [0.25, 0.3) is 0 Å². The highest BCUT2D eigenvalue weighted by Crippen LogP contribution is 2.17. The van der Waals surface area contributed by atoms with Crippen molar-refractivity contribution in [2.45, 2.75) is 45.1 Å². The third-order valence-electron chi connectivity index (χ3n) is 3.29. The maximum Gasteiger partial charge on any atom is 0.323 e. The van der Waals surface area contributed by atoms with Crippen LogP contribution in [0, 0.1) is 0 Å². The van der Waals surface area contributed by atoms with E-state index >= 15 is 0 Å². The zero-order valence-corrected chi connectivity index (χ0v) is 11.4. The topological polar surface area (TPSA) is 58.6 Å². The van der Waals surface area contributed by atoms with E-state index < -0.39 is 0 Å². The van der Waals surface area contributed by atoms with Gasteiger partial charge in [-0.05, 0) is 25.8 Å². The van der Waals surface area contributed by atoms with Crippen LogP contribution in [0.2, 0.25) is 0 Å². The maximum absolute atomic E-state index is 11.7. The lowest BCUT2D eigenvalue weighted by Crippen LogP contribution is -2.49. The minimum Gasteiger partial charge on any atom is -0.468 e. The zero-order chi connectivity index (χ0) is 13.4. The quantitative estimate of drug-likeness (QED) is 0.567. The molecule has 18 heavy (non-hydrogen) atoms. The Bertz CT molecular complexity index is 281. The molecule has 1 atom stereocenters. The lowest BCUT2D eigenvalue weighted by Gasteiger charge is -2.32. The van der Waals surface area contributed by atoms with Crippen molar-refractivity contribution in [1.82, 2.24) is 10.2 Å². The van der Waals surface area contributed by atoms with Crippen molar-refractivity contribution in [1.29, 1.82) is 0 Å². The summed E-state index contributed by atoms with van der Waals surface area (Å²) in [4.78, 5) is 25.3. The molecule has 0 aromatic carbocycles. The maximum atomic E-state index is 11.7. The Kier molecular flexibility index (Phi) is 6.72. The van der Waals surface area contributed by atoms with E-state index in [9.17, 15) is 9.59 Å². The molecule has 1 aliphatic heterocycles. The average molecular weight is 256 g/mol. The van der Waals surface area contributed by atoms with Crippen LogP contribution in [-0.2, 0) is 14.3 Å². The fourth-order valence-corrected chi connectivity index (χ4v) is 2.23. The van der Waals surface area contributed by atoms with Gasteiger partial charge in [-0.3, -0.25) is 14.5 Å². The van der Waals surface area contributed by atoms with Crippen LogP contribution in [0.15, 0.2) is 0 Å². The van der Waals surface area contributed by atoms with Gasteiger partial charge in [-0.1, -0.05) is 19.8 Å². The summed E-state index contributed by atoms with van der Waals surface area (Å²) in [7, 11) is 1.40. The van der Waals surface area contributed by atoms with Crippen molar-refractivity contribution >= 4 is 11.9 Å². The van der Waals surface area contributed by atoms with E-state index in [1.54, 1.807) is 0 Å². The summed E-state index contributed by atoms with van der Waals surface area (Å²) in [5.41, 5.74) is 0. The number of hydrogen-bond donors (Lipinski definition) is 1. The molecule has 1 aliphatic rings. The van der Waals surface area contributed by atoms with Gasteiger partial charge in [0.25, 0.3) is 0 Å². The Hall–Kier alpha value is -1.10. The highest BCUT2D eigenvalue weighted by molar-refractivity contribution is 5.80. The number of rotatable bonds is 6. The van der Waals surface area contributed by atoms with E-state index in [0.29, 0.717) is 13.1 Å². The Morgan fingerprint density at radius 2 is 2.17 bits per heavy atom. The highest BCUT2D eigenvalue weighted by atomic mass is 16.5. The monoisotopic (exact) mass is 256 g/mol. The second-order valence-corrected chi connectivity index (χ2v) is 4.71. The minimum atomic E-state index is -0.249. The van der Waals surface area contributed by atoms with E-state index in [1.807, 2.05) is 4.90 Å². The number of carbonyl (C=O) groups is 2. The van der Waals surface area contributed by atoms with Gasteiger partial charge in [0.2, 0.25) is 5.91 Å². The number of likely N-dealkylation sites (tertiary alicyclic amines) is 1. The highest BCUT2D eigenvalue weighted by Gasteiger charge is 2.30. The molecule has 5 nitrogen and oxygen atoms in total. The number of carbonyl (C=O) groups excluding carboxylic acids is 2. The van der Waals surface area contributed by atoms with Crippen LogP contribution in [0.4, 0.5) is 0 Å². The fraction of sp³-hybridized carbons (Fsp3) is 0.846. The number of amides is 1. The van der Waals surface area contributed by atoms with Crippen LogP contribution < -0.4 is 5.32 Å². The molecule has 1 amide bonds. The van der Waals surface area contributed by atoms with E-state index in [1.165, 1.54) is 7.11 Å². The van der Waals surface area contributed by atoms with Gasteiger partial charge in [-0.15, -0.1) is 0 Å². The lowest BCUT2D eigenvalue weighted by atomic mass is 10.0. The molecule has 1 saturated heterocycles. The first kappa shape index (κ1) is 15.0. The summed E-state index contributed by atoms with van der Waals surface area (Å²) in [6.45, 7) is 3.89. The first-order valence-electron chi connectivity index (χ1n) is 6.77. The molecule has 0 aromatic heterocycles. The summed E-state index contributed by atoms with van der Waals surface area (Å²) in [6.07, 6.45) is 4.90. The third kappa shape index (κ3) is 4.64. The van der Waals surface area contributed by atoms with Gasteiger partial charge in [-0.2, -0.15) is 0 Å². The molecule has 0 saturated carbocycles. The third-order valence-corrected chi connectivity index (χ3v) is 3.29. The van der Waals surface area contributed by atoms with Gasteiger partial charge in [0.1, 0.15) is 6.04 Å². The lowest BCUT2D eigenvalue weighted by molar-refractivity contribution is -0.148. The molecule has 1 fully saturated rings. The second kappa shape index (κ2) is 8.08. The number of hydrogen-bond acceptors (Lipinski definition) is 4. The molecular formula is C13H24N2O3. The van der Waals surface area contributed by atoms with Crippen molar-refractivity contribution in [3.05, 3.63) is 0 Å². The first-order chi connectivity index (χ1) is 8.69.